The minimum atomic E-state index is -0.548. The lowest BCUT2D eigenvalue weighted by Crippen LogP contribution is -2.22. The van der Waals surface area contributed by atoms with Crippen molar-refractivity contribution in [2.24, 2.45) is 5.92 Å². The van der Waals surface area contributed by atoms with Crippen LogP contribution in [0.15, 0.2) is 29.4 Å². The predicted molar refractivity (Wildman–Crippen MR) is 110 cm³/mol. The van der Waals surface area contributed by atoms with Gasteiger partial charge in [-0.25, -0.2) is 0 Å². The second kappa shape index (κ2) is 9.78. The molecule has 2 heterocycles. The number of hydrogen-bond donors (Lipinski definition) is 1. The fraction of sp³-hybridized carbons (Fsp3) is 0.579. The maximum absolute atomic E-state index is 10.2. The van der Waals surface area contributed by atoms with Crippen molar-refractivity contribution in [3.05, 3.63) is 29.3 Å². The molecule has 1 aromatic heterocycles. The summed E-state index contributed by atoms with van der Waals surface area (Å²) in [6, 6.07) is 7.69. The Kier molecular flexibility index (Phi) is 7.41. The number of hydrogen-bond acceptors (Lipinski definition) is 6. The van der Waals surface area contributed by atoms with E-state index in [9.17, 15) is 5.11 Å². The highest BCUT2D eigenvalue weighted by Crippen LogP contribution is 2.29. The van der Waals surface area contributed by atoms with Crippen LogP contribution >= 0.6 is 23.4 Å². The van der Waals surface area contributed by atoms with Gasteiger partial charge in [0.1, 0.15) is 0 Å². The maximum Gasteiger partial charge on any atom is 0.232 e. The molecule has 1 N–H and O–H groups in total. The van der Waals surface area contributed by atoms with Crippen LogP contribution in [0.25, 0.3) is 5.69 Å². The molecule has 0 aliphatic carbocycles. The number of halogens is 1. The summed E-state index contributed by atoms with van der Waals surface area (Å²) in [5.74, 6) is 1.79. The number of thioether (sulfide) groups is 1. The first-order valence-corrected chi connectivity index (χ1v) is 10.8. The number of aromatic nitrogens is 3. The van der Waals surface area contributed by atoms with Gasteiger partial charge in [0.15, 0.2) is 5.16 Å². The number of aliphatic hydroxyl groups excluding tert-OH is 1. The molecule has 0 radical (unpaired) electrons. The number of anilines is 1. The van der Waals surface area contributed by atoms with Crippen LogP contribution in [0.3, 0.4) is 0 Å². The molecule has 0 saturated carbocycles. The van der Waals surface area contributed by atoms with Crippen molar-refractivity contribution in [3.8, 4) is 5.69 Å². The van der Waals surface area contributed by atoms with E-state index in [0.29, 0.717) is 29.9 Å². The molecule has 27 heavy (non-hydrogen) atoms. The van der Waals surface area contributed by atoms with E-state index in [-0.39, 0.29) is 0 Å². The van der Waals surface area contributed by atoms with Gasteiger partial charge in [-0.1, -0.05) is 43.3 Å². The highest BCUT2D eigenvalue weighted by Gasteiger charge is 2.23. The molecule has 1 fully saturated rings. The zero-order chi connectivity index (χ0) is 19.2. The maximum atomic E-state index is 10.2. The Morgan fingerprint density at radius 2 is 2.00 bits per heavy atom. The van der Waals surface area contributed by atoms with Gasteiger partial charge in [0.05, 0.1) is 18.4 Å². The van der Waals surface area contributed by atoms with Crippen molar-refractivity contribution >= 4 is 29.3 Å². The van der Waals surface area contributed by atoms with Gasteiger partial charge >= 0.3 is 0 Å². The summed E-state index contributed by atoms with van der Waals surface area (Å²) in [4.78, 5) is 2.25. The summed E-state index contributed by atoms with van der Waals surface area (Å²) in [6.07, 6.45) is 1.78. The van der Waals surface area contributed by atoms with Crippen LogP contribution in [0.2, 0.25) is 5.02 Å². The van der Waals surface area contributed by atoms with E-state index in [1.165, 1.54) is 11.8 Å². The third-order valence-corrected chi connectivity index (χ3v) is 5.55. The smallest absolute Gasteiger partial charge is 0.232 e. The molecule has 1 aromatic carbocycles. The van der Waals surface area contributed by atoms with Crippen molar-refractivity contribution in [1.29, 1.82) is 0 Å². The van der Waals surface area contributed by atoms with Crippen LogP contribution in [-0.2, 0) is 4.74 Å². The summed E-state index contributed by atoms with van der Waals surface area (Å²) >= 11 is 7.69. The molecular formula is C19H27ClN4O2S. The van der Waals surface area contributed by atoms with Gasteiger partial charge in [-0.3, -0.25) is 4.57 Å². The molecule has 0 spiro atoms. The Labute approximate surface area is 169 Å². The fourth-order valence-electron chi connectivity index (χ4n) is 2.98. The van der Waals surface area contributed by atoms with Gasteiger partial charge in [0.2, 0.25) is 5.95 Å². The summed E-state index contributed by atoms with van der Waals surface area (Å²) in [6.45, 7) is 7.13. The van der Waals surface area contributed by atoms with Gasteiger partial charge in [-0.05, 0) is 37.0 Å². The summed E-state index contributed by atoms with van der Waals surface area (Å²) in [7, 11) is 0. The van der Waals surface area contributed by atoms with Crippen LogP contribution in [0.4, 0.5) is 5.95 Å². The molecule has 1 aliphatic rings. The van der Waals surface area contributed by atoms with Crippen molar-refractivity contribution < 1.29 is 9.84 Å². The van der Waals surface area contributed by atoms with Crippen LogP contribution < -0.4 is 4.90 Å². The minimum Gasteiger partial charge on any atom is -0.390 e. The molecule has 2 aromatic rings. The van der Waals surface area contributed by atoms with E-state index in [1.54, 1.807) is 0 Å². The molecule has 148 valence electrons. The van der Waals surface area contributed by atoms with Crippen LogP contribution in [-0.4, -0.2) is 58.0 Å². The summed E-state index contributed by atoms with van der Waals surface area (Å²) in [5.41, 5.74) is 0.933. The first-order valence-electron chi connectivity index (χ1n) is 9.39. The van der Waals surface area contributed by atoms with E-state index in [1.807, 2.05) is 28.8 Å². The number of ether oxygens (including phenoxy) is 1. The molecule has 3 rings (SSSR count). The van der Waals surface area contributed by atoms with E-state index in [2.05, 4.69) is 28.9 Å². The highest BCUT2D eigenvalue weighted by atomic mass is 35.5. The Morgan fingerprint density at radius 3 is 2.70 bits per heavy atom. The Hall–Kier alpha value is -1.28. The second-order valence-corrected chi connectivity index (χ2v) is 8.61. The standard InChI is InChI=1S/C19H27ClN4O2S/c1-14(2)11-26-12-17(25)13-27-19-22-21-18(23-8-3-4-9-23)24(19)16-7-5-6-15(20)10-16/h5-7,10,14,17,25H,3-4,8-9,11-13H2,1-2H3. The third-order valence-electron chi connectivity index (χ3n) is 4.24. The van der Waals surface area contributed by atoms with Crippen molar-refractivity contribution in [2.75, 3.05) is 37.0 Å². The predicted octanol–water partition coefficient (Wildman–Crippen LogP) is 3.65. The molecule has 1 saturated heterocycles. The van der Waals surface area contributed by atoms with Gasteiger partial charge in [-0.15, -0.1) is 10.2 Å². The Balaban J connectivity index is 1.74. The number of nitrogens with zero attached hydrogens (tertiary/aromatic N) is 4. The summed E-state index contributed by atoms with van der Waals surface area (Å²) in [5, 5.41) is 20.5. The van der Waals surface area contributed by atoms with Gasteiger partial charge in [0.25, 0.3) is 0 Å². The largest absolute Gasteiger partial charge is 0.390 e. The minimum absolute atomic E-state index is 0.329. The molecule has 1 atom stereocenters. The highest BCUT2D eigenvalue weighted by molar-refractivity contribution is 7.99. The van der Waals surface area contributed by atoms with Crippen molar-refractivity contribution in [3.63, 3.8) is 0 Å². The van der Waals surface area contributed by atoms with Crippen molar-refractivity contribution in [2.45, 2.75) is 37.9 Å². The third kappa shape index (κ3) is 5.60. The first-order chi connectivity index (χ1) is 13.0. The lowest BCUT2D eigenvalue weighted by molar-refractivity contribution is 0.0364. The average Bonchev–Trinajstić information content (AvgIpc) is 3.29. The molecule has 6 nitrogen and oxygen atoms in total. The van der Waals surface area contributed by atoms with Crippen LogP contribution in [0.1, 0.15) is 26.7 Å². The monoisotopic (exact) mass is 410 g/mol. The molecular weight excluding hydrogens is 384 g/mol. The zero-order valence-electron chi connectivity index (χ0n) is 15.8. The van der Waals surface area contributed by atoms with E-state index < -0.39 is 6.10 Å². The van der Waals surface area contributed by atoms with E-state index in [4.69, 9.17) is 16.3 Å². The normalized spacial score (nSPS) is 15.7. The molecule has 8 heteroatoms. The quantitative estimate of drug-likeness (QED) is 0.636. The SMILES string of the molecule is CC(C)COCC(O)CSc1nnc(N2CCCC2)n1-c1cccc(Cl)c1. The molecule has 1 unspecified atom stereocenters. The second-order valence-electron chi connectivity index (χ2n) is 7.19. The Morgan fingerprint density at radius 1 is 1.22 bits per heavy atom. The van der Waals surface area contributed by atoms with Gasteiger partial charge < -0.3 is 14.7 Å². The molecule has 0 amide bonds. The number of rotatable bonds is 9. The number of benzene rings is 1. The lowest BCUT2D eigenvalue weighted by Gasteiger charge is -2.19. The average molecular weight is 411 g/mol. The fourth-order valence-corrected chi connectivity index (χ4v) is 4.01. The van der Waals surface area contributed by atoms with E-state index >= 15 is 0 Å². The number of aliphatic hydroxyl groups is 1. The Bertz CT molecular complexity index is 734. The molecule has 1 aliphatic heterocycles. The summed E-state index contributed by atoms with van der Waals surface area (Å²) < 4.78 is 7.56. The topological polar surface area (TPSA) is 63.4 Å². The first kappa shape index (κ1) is 20.5. The zero-order valence-corrected chi connectivity index (χ0v) is 17.4. The molecule has 0 bridgehead atoms. The van der Waals surface area contributed by atoms with Crippen LogP contribution in [0, 0.1) is 5.92 Å². The van der Waals surface area contributed by atoms with E-state index in [0.717, 1.165) is 42.7 Å². The van der Waals surface area contributed by atoms with Crippen LogP contribution in [0.5, 0.6) is 0 Å². The van der Waals surface area contributed by atoms with Gasteiger partial charge in [-0.2, -0.15) is 0 Å². The van der Waals surface area contributed by atoms with Gasteiger partial charge in [0, 0.05) is 30.5 Å². The van der Waals surface area contributed by atoms with Crippen molar-refractivity contribution in [1.82, 2.24) is 14.8 Å². The lowest BCUT2D eigenvalue weighted by atomic mass is 10.2.